The van der Waals surface area contributed by atoms with Crippen LogP contribution in [0.25, 0.3) is 16.7 Å². The molecule has 3 aromatic rings. The van der Waals surface area contributed by atoms with Gasteiger partial charge in [0.25, 0.3) is 0 Å². The van der Waals surface area contributed by atoms with Crippen LogP contribution in [0.3, 0.4) is 0 Å². The normalized spacial score (nSPS) is 18.5. The average molecular weight is 403 g/mol. The van der Waals surface area contributed by atoms with Gasteiger partial charge in [0, 0.05) is 24.8 Å². The van der Waals surface area contributed by atoms with Crippen molar-refractivity contribution in [1.82, 2.24) is 14.7 Å². The van der Waals surface area contributed by atoms with Crippen LogP contribution in [0, 0.1) is 26.7 Å². The van der Waals surface area contributed by atoms with Gasteiger partial charge in [-0.25, -0.2) is 4.98 Å². The maximum atomic E-state index is 5.41. The summed E-state index contributed by atoms with van der Waals surface area (Å²) in [4.78, 5) is 6.76. The molecular formula is C25H30N4O. The van der Waals surface area contributed by atoms with E-state index in [2.05, 4.69) is 76.8 Å². The number of rotatable bonds is 5. The zero-order chi connectivity index (χ0) is 21.4. The fraction of sp³-hybridized carbons (Fsp3) is 0.360. The first-order chi connectivity index (χ1) is 14.4. The number of likely N-dealkylation sites (N-methyl/N-ethyl adjacent to an activating group) is 1. The average Bonchev–Trinajstić information content (AvgIpc) is 3.30. The highest BCUT2D eigenvalue weighted by Crippen LogP contribution is 2.35. The lowest BCUT2D eigenvalue weighted by Gasteiger charge is -2.37. The molecule has 1 aliphatic rings. The Balaban J connectivity index is 1.68. The molecule has 4 rings (SSSR count). The van der Waals surface area contributed by atoms with E-state index in [1.54, 1.807) is 0 Å². The summed E-state index contributed by atoms with van der Waals surface area (Å²) in [5.74, 6) is 1.24. The Kier molecular flexibility index (Phi) is 5.37. The molecule has 0 spiro atoms. The van der Waals surface area contributed by atoms with Crippen molar-refractivity contribution in [3.8, 4) is 11.1 Å². The molecule has 2 aromatic heterocycles. The molecule has 0 fully saturated rings. The lowest BCUT2D eigenvalue weighted by atomic mass is 9.89. The van der Waals surface area contributed by atoms with Crippen LogP contribution in [0.1, 0.15) is 36.6 Å². The van der Waals surface area contributed by atoms with Gasteiger partial charge in [-0.3, -0.25) is 0 Å². The molecule has 5 heteroatoms. The largest absolute Gasteiger partial charge is 0.365 e. The van der Waals surface area contributed by atoms with Crippen molar-refractivity contribution in [3.05, 3.63) is 71.7 Å². The summed E-state index contributed by atoms with van der Waals surface area (Å²) in [5, 5.41) is 4.14. The van der Waals surface area contributed by atoms with Crippen LogP contribution in [0.5, 0.6) is 0 Å². The first-order valence-electron chi connectivity index (χ1n) is 10.6. The topological polar surface area (TPSA) is 47.1 Å². The number of benzene rings is 1. The Labute approximate surface area is 178 Å². The molecular weight excluding hydrogens is 372 g/mol. The van der Waals surface area contributed by atoms with E-state index in [9.17, 15) is 0 Å². The van der Waals surface area contributed by atoms with E-state index in [0.29, 0.717) is 12.0 Å². The number of imidazole rings is 1. The van der Waals surface area contributed by atoms with Gasteiger partial charge in [0.1, 0.15) is 5.76 Å². The molecule has 156 valence electrons. The molecule has 2 atom stereocenters. The monoisotopic (exact) mass is 402 g/mol. The minimum atomic E-state index is 0.297. The molecule has 2 heterocycles. The van der Waals surface area contributed by atoms with E-state index in [4.69, 9.17) is 4.52 Å². The molecule has 0 radical (unpaired) electrons. The number of aryl methyl sites for hydroxylation is 4. The fourth-order valence-corrected chi connectivity index (χ4v) is 4.52. The van der Waals surface area contributed by atoms with Gasteiger partial charge < -0.3 is 14.0 Å². The maximum absolute atomic E-state index is 5.41. The highest BCUT2D eigenvalue weighted by molar-refractivity contribution is 5.76. The second-order valence-corrected chi connectivity index (χ2v) is 8.21. The van der Waals surface area contributed by atoms with Crippen molar-refractivity contribution in [1.29, 1.82) is 0 Å². The molecule has 0 aliphatic heterocycles. The van der Waals surface area contributed by atoms with Gasteiger partial charge in [0.15, 0.2) is 0 Å². The van der Waals surface area contributed by atoms with Crippen LogP contribution in [0.2, 0.25) is 0 Å². The molecule has 5 nitrogen and oxygen atoms in total. The van der Waals surface area contributed by atoms with Crippen LogP contribution < -0.4 is 4.90 Å². The second kappa shape index (κ2) is 7.98. The summed E-state index contributed by atoms with van der Waals surface area (Å²) >= 11 is 0. The van der Waals surface area contributed by atoms with Crippen molar-refractivity contribution in [2.75, 3.05) is 11.4 Å². The van der Waals surface area contributed by atoms with Crippen LogP contribution in [0.4, 0.5) is 5.69 Å². The SMILES string of the molecule is CCN(c1cc(-c2c(C)noc2C)ccc1C)C1C=CC(c2cncn2C)=CC1C. The Morgan fingerprint density at radius 1 is 1.20 bits per heavy atom. The van der Waals surface area contributed by atoms with E-state index >= 15 is 0 Å². The van der Waals surface area contributed by atoms with Gasteiger partial charge in [0.2, 0.25) is 0 Å². The van der Waals surface area contributed by atoms with Crippen molar-refractivity contribution in [2.24, 2.45) is 13.0 Å². The molecule has 2 unspecified atom stereocenters. The quantitative estimate of drug-likeness (QED) is 0.566. The van der Waals surface area contributed by atoms with Gasteiger partial charge in [-0.15, -0.1) is 0 Å². The number of anilines is 1. The number of hydrogen-bond donors (Lipinski definition) is 0. The lowest BCUT2D eigenvalue weighted by Crippen LogP contribution is -2.39. The minimum Gasteiger partial charge on any atom is -0.365 e. The Bertz CT molecular complexity index is 1100. The molecule has 30 heavy (non-hydrogen) atoms. The molecule has 0 saturated carbocycles. The predicted molar refractivity (Wildman–Crippen MR) is 122 cm³/mol. The molecule has 0 N–H and O–H groups in total. The third-order valence-electron chi connectivity index (χ3n) is 6.11. The van der Waals surface area contributed by atoms with Gasteiger partial charge in [-0.1, -0.05) is 42.4 Å². The third-order valence-corrected chi connectivity index (χ3v) is 6.11. The number of allylic oxidation sites excluding steroid dienone is 2. The Morgan fingerprint density at radius 2 is 2.00 bits per heavy atom. The van der Waals surface area contributed by atoms with Gasteiger partial charge in [-0.05, 0) is 56.4 Å². The standard InChI is InChI=1S/C25H30N4O/c1-7-29(22-11-10-20(12-17(22)3)24-14-26-15-28(24)6)23-13-21(9-8-16(23)2)25-18(4)27-30-19(25)5/h8-15,17,22H,7H2,1-6H3. The molecule has 0 amide bonds. The smallest absolute Gasteiger partial charge is 0.141 e. The first kappa shape index (κ1) is 20.2. The van der Waals surface area contributed by atoms with Crippen molar-refractivity contribution in [2.45, 2.75) is 40.7 Å². The summed E-state index contributed by atoms with van der Waals surface area (Å²) in [5.41, 5.74) is 8.09. The van der Waals surface area contributed by atoms with Crippen LogP contribution in [0.15, 0.2) is 53.5 Å². The lowest BCUT2D eigenvalue weighted by molar-refractivity contribution is 0.393. The van der Waals surface area contributed by atoms with E-state index in [1.807, 2.05) is 33.4 Å². The number of hydrogen-bond acceptors (Lipinski definition) is 4. The summed E-state index contributed by atoms with van der Waals surface area (Å²) in [6.45, 7) is 11.6. The summed E-state index contributed by atoms with van der Waals surface area (Å²) in [6, 6.07) is 6.95. The third kappa shape index (κ3) is 3.49. The van der Waals surface area contributed by atoms with E-state index < -0.39 is 0 Å². The summed E-state index contributed by atoms with van der Waals surface area (Å²) < 4.78 is 7.47. The number of aromatic nitrogens is 3. The number of nitrogens with zero attached hydrogens (tertiary/aromatic N) is 4. The minimum absolute atomic E-state index is 0.297. The van der Waals surface area contributed by atoms with Crippen LogP contribution >= 0.6 is 0 Å². The van der Waals surface area contributed by atoms with E-state index in [1.165, 1.54) is 16.8 Å². The summed E-state index contributed by atoms with van der Waals surface area (Å²) in [6.07, 6.45) is 10.7. The van der Waals surface area contributed by atoms with Gasteiger partial charge in [-0.2, -0.15) is 0 Å². The van der Waals surface area contributed by atoms with E-state index in [0.717, 1.165) is 34.8 Å². The Hall–Kier alpha value is -3.08. The highest BCUT2D eigenvalue weighted by atomic mass is 16.5. The van der Waals surface area contributed by atoms with Gasteiger partial charge >= 0.3 is 0 Å². The predicted octanol–water partition coefficient (Wildman–Crippen LogP) is 5.48. The first-order valence-corrected chi connectivity index (χ1v) is 10.6. The summed E-state index contributed by atoms with van der Waals surface area (Å²) in [7, 11) is 2.04. The maximum Gasteiger partial charge on any atom is 0.141 e. The molecule has 1 aromatic carbocycles. The van der Waals surface area contributed by atoms with Crippen molar-refractivity contribution in [3.63, 3.8) is 0 Å². The van der Waals surface area contributed by atoms with Crippen LogP contribution in [-0.2, 0) is 7.05 Å². The molecule has 0 saturated heterocycles. The van der Waals surface area contributed by atoms with Gasteiger partial charge in [0.05, 0.1) is 30.0 Å². The molecule has 1 aliphatic carbocycles. The van der Waals surface area contributed by atoms with Crippen molar-refractivity contribution < 1.29 is 4.52 Å². The zero-order valence-corrected chi connectivity index (χ0v) is 18.7. The second-order valence-electron chi connectivity index (χ2n) is 8.21. The van der Waals surface area contributed by atoms with Crippen LogP contribution in [-0.4, -0.2) is 27.3 Å². The fourth-order valence-electron chi connectivity index (χ4n) is 4.52. The molecule has 0 bridgehead atoms. The highest BCUT2D eigenvalue weighted by Gasteiger charge is 2.25. The zero-order valence-electron chi connectivity index (χ0n) is 18.7. The van der Waals surface area contributed by atoms with E-state index in [-0.39, 0.29) is 0 Å². The Morgan fingerprint density at radius 3 is 2.60 bits per heavy atom. The van der Waals surface area contributed by atoms with Crippen molar-refractivity contribution >= 4 is 11.3 Å².